The highest BCUT2D eigenvalue weighted by Crippen LogP contribution is 2.26. The quantitative estimate of drug-likeness (QED) is 0.188. The molecule has 3 heterocycles. The molecule has 2 aromatic carbocycles. The summed E-state index contributed by atoms with van der Waals surface area (Å²) in [5.74, 6) is -1.75. The summed E-state index contributed by atoms with van der Waals surface area (Å²) in [6, 6.07) is 6.74. The van der Waals surface area contributed by atoms with Crippen LogP contribution in [0.25, 0.3) is 11.0 Å². The van der Waals surface area contributed by atoms with Crippen molar-refractivity contribution in [1.82, 2.24) is 19.8 Å². The van der Waals surface area contributed by atoms with Gasteiger partial charge in [-0.3, -0.25) is 9.69 Å². The summed E-state index contributed by atoms with van der Waals surface area (Å²) < 4.78 is 40.3. The van der Waals surface area contributed by atoms with Gasteiger partial charge in [0, 0.05) is 30.5 Å². The summed E-state index contributed by atoms with van der Waals surface area (Å²) in [6.45, 7) is 7.77. The van der Waals surface area contributed by atoms with Crippen LogP contribution in [0.3, 0.4) is 0 Å². The average Bonchev–Trinajstić information content (AvgIpc) is 3.57. The van der Waals surface area contributed by atoms with E-state index < -0.39 is 23.5 Å². The Hall–Kier alpha value is -3.87. The van der Waals surface area contributed by atoms with Crippen molar-refractivity contribution in [2.45, 2.75) is 38.5 Å². The first-order valence-electron chi connectivity index (χ1n) is 13.5. The summed E-state index contributed by atoms with van der Waals surface area (Å²) in [6.07, 6.45) is 6.06. The van der Waals surface area contributed by atoms with Gasteiger partial charge in [-0.1, -0.05) is 11.6 Å². The predicted octanol–water partition coefficient (Wildman–Crippen LogP) is 4.45. The lowest BCUT2D eigenvalue weighted by atomic mass is 10.1. The molecule has 0 spiro atoms. The molecule has 0 saturated carbocycles. The van der Waals surface area contributed by atoms with E-state index in [2.05, 4.69) is 26.9 Å². The normalized spacial score (nSPS) is 16.6. The molecule has 42 heavy (non-hydrogen) atoms. The average molecular weight is 604 g/mol. The largest absolute Gasteiger partial charge is 0.489 e. The number of rotatable bonds is 11. The molecular formula is C29H32ClF2N5O5. The molecule has 1 amide bonds. The van der Waals surface area contributed by atoms with Crippen molar-refractivity contribution in [3.63, 3.8) is 0 Å². The smallest absolute Gasteiger partial charge is 0.335 e. The zero-order valence-corrected chi connectivity index (χ0v) is 23.7. The van der Waals surface area contributed by atoms with E-state index in [0.717, 1.165) is 38.0 Å². The lowest BCUT2D eigenvalue weighted by molar-refractivity contribution is -0.113. The van der Waals surface area contributed by atoms with Gasteiger partial charge in [-0.15, -0.1) is 0 Å². The first kappa shape index (κ1) is 31.1. The number of amides is 1. The van der Waals surface area contributed by atoms with E-state index in [1.54, 1.807) is 6.07 Å². The van der Waals surface area contributed by atoms with E-state index in [0.29, 0.717) is 30.2 Å². The van der Waals surface area contributed by atoms with Crippen LogP contribution in [0, 0.1) is 11.6 Å². The van der Waals surface area contributed by atoms with E-state index in [-0.39, 0.29) is 29.5 Å². The standard InChI is InChI=1S/C17H20FN3O3.C12H12ClFN2O2/c18-13-7-11(17(22)23)8-14-16(13)19-15(10-20-4-1-2-5-20)21(14)9-12-3-6-24-12;1-15-12(17)4-5-16-6-7-18-11-3-2-9(13)8-10(11)14/h7-8,12H,1-6,9-10H2,(H,22,23);2-5,8,16H,1,6-7H2/b;5-4-. The monoisotopic (exact) mass is 603 g/mol. The second kappa shape index (κ2) is 14.9. The Labute approximate surface area is 246 Å². The van der Waals surface area contributed by atoms with E-state index >= 15 is 0 Å². The Morgan fingerprint density at radius 2 is 2.00 bits per heavy atom. The number of fused-ring (bicyclic) bond motifs is 1. The number of hydrogen-bond acceptors (Lipinski definition) is 7. The van der Waals surface area contributed by atoms with Crippen LogP contribution in [0.1, 0.15) is 35.4 Å². The number of carboxylic acid groups (broad SMARTS) is 1. The molecule has 1 aromatic heterocycles. The van der Waals surface area contributed by atoms with Crippen molar-refractivity contribution >= 4 is 41.2 Å². The fourth-order valence-corrected chi connectivity index (χ4v) is 4.69. The Kier molecular flexibility index (Phi) is 11.0. The van der Waals surface area contributed by atoms with Crippen LogP contribution in [0.5, 0.6) is 5.75 Å². The second-order valence-corrected chi connectivity index (χ2v) is 10.2. The first-order valence-corrected chi connectivity index (χ1v) is 13.9. The molecule has 5 rings (SSSR count). The molecule has 2 aliphatic heterocycles. The molecule has 13 heteroatoms. The Morgan fingerprint density at radius 3 is 2.64 bits per heavy atom. The van der Waals surface area contributed by atoms with Crippen LogP contribution in [0.15, 0.2) is 47.6 Å². The molecule has 2 fully saturated rings. The zero-order valence-electron chi connectivity index (χ0n) is 22.9. The summed E-state index contributed by atoms with van der Waals surface area (Å²) in [5.41, 5.74) is 0.731. The van der Waals surface area contributed by atoms with Gasteiger partial charge in [-0.2, -0.15) is 0 Å². The first-order chi connectivity index (χ1) is 20.2. The molecule has 3 aromatic rings. The number of benzene rings is 2. The molecule has 0 aliphatic carbocycles. The number of carboxylic acids is 1. The van der Waals surface area contributed by atoms with Gasteiger partial charge in [0.05, 0.1) is 30.3 Å². The highest BCUT2D eigenvalue weighted by molar-refractivity contribution is 6.30. The summed E-state index contributed by atoms with van der Waals surface area (Å²) in [7, 11) is 0. The minimum atomic E-state index is -1.13. The van der Waals surface area contributed by atoms with Gasteiger partial charge in [-0.05, 0) is 69.4 Å². The SMILES string of the molecule is C=NC(=O)/C=C\NCCOc1ccc(Cl)cc1F.O=C(O)c1cc(F)c2nc(CN3CCCC3)n(CC3CCO3)c2c1. The number of likely N-dealkylation sites (tertiary alicyclic amines) is 1. The number of aliphatic imine (C=N–C) groups is 1. The van der Waals surface area contributed by atoms with Gasteiger partial charge in [0.2, 0.25) is 0 Å². The van der Waals surface area contributed by atoms with Crippen LogP contribution in [0.2, 0.25) is 5.02 Å². The molecule has 2 aliphatic rings. The molecule has 1 atom stereocenters. The number of hydrogen-bond donors (Lipinski definition) is 2. The van der Waals surface area contributed by atoms with E-state index in [1.807, 2.05) is 4.57 Å². The minimum Gasteiger partial charge on any atom is -0.489 e. The van der Waals surface area contributed by atoms with Gasteiger partial charge in [-0.25, -0.2) is 23.6 Å². The highest BCUT2D eigenvalue weighted by Gasteiger charge is 2.25. The summed E-state index contributed by atoms with van der Waals surface area (Å²) in [5, 5.41) is 12.3. The molecular weight excluding hydrogens is 572 g/mol. The maximum absolute atomic E-state index is 14.4. The Balaban J connectivity index is 0.000000202. The lowest BCUT2D eigenvalue weighted by Crippen LogP contribution is -2.32. The van der Waals surface area contributed by atoms with Gasteiger partial charge in [0.15, 0.2) is 17.4 Å². The third-order valence-electron chi connectivity index (χ3n) is 6.77. The number of aromatic carboxylic acids is 1. The maximum atomic E-state index is 14.4. The molecule has 10 nitrogen and oxygen atoms in total. The van der Waals surface area contributed by atoms with Crippen molar-refractivity contribution in [3.8, 4) is 5.75 Å². The minimum absolute atomic E-state index is 0.0524. The zero-order chi connectivity index (χ0) is 30.1. The molecule has 0 bridgehead atoms. The number of aromatic nitrogens is 2. The number of nitrogens with one attached hydrogen (secondary N) is 1. The number of imidazole rings is 1. The number of carbonyl (C=O) groups is 2. The van der Waals surface area contributed by atoms with Gasteiger partial charge >= 0.3 is 5.97 Å². The molecule has 224 valence electrons. The Morgan fingerprint density at radius 1 is 1.24 bits per heavy atom. The summed E-state index contributed by atoms with van der Waals surface area (Å²) >= 11 is 5.60. The predicted molar refractivity (Wildman–Crippen MR) is 154 cm³/mol. The molecule has 2 N–H and O–H groups in total. The fourth-order valence-electron chi connectivity index (χ4n) is 4.53. The third kappa shape index (κ3) is 8.34. The van der Waals surface area contributed by atoms with Crippen LogP contribution in [-0.2, 0) is 22.6 Å². The van der Waals surface area contributed by atoms with Crippen molar-refractivity contribution in [3.05, 3.63) is 70.7 Å². The lowest BCUT2D eigenvalue weighted by Gasteiger charge is -2.28. The fraction of sp³-hybridized carbons (Fsp3) is 0.379. The van der Waals surface area contributed by atoms with Gasteiger partial charge < -0.3 is 24.5 Å². The second-order valence-electron chi connectivity index (χ2n) is 9.74. The van der Waals surface area contributed by atoms with Crippen molar-refractivity contribution in [2.24, 2.45) is 4.99 Å². The molecule has 2 saturated heterocycles. The third-order valence-corrected chi connectivity index (χ3v) is 7.01. The number of carbonyl (C=O) groups excluding carboxylic acids is 1. The van der Waals surface area contributed by atoms with Crippen molar-refractivity contribution in [2.75, 3.05) is 32.8 Å². The Bertz CT molecular complexity index is 1450. The summed E-state index contributed by atoms with van der Waals surface area (Å²) in [4.78, 5) is 31.9. The van der Waals surface area contributed by atoms with Crippen LogP contribution in [0.4, 0.5) is 8.78 Å². The highest BCUT2D eigenvalue weighted by atomic mass is 35.5. The van der Waals surface area contributed by atoms with Crippen molar-refractivity contribution < 1.29 is 33.0 Å². The molecule has 1 unspecified atom stereocenters. The van der Waals surface area contributed by atoms with Gasteiger partial charge in [0.1, 0.15) is 17.9 Å². The van der Waals surface area contributed by atoms with E-state index in [9.17, 15) is 23.5 Å². The van der Waals surface area contributed by atoms with Crippen LogP contribution >= 0.6 is 11.6 Å². The van der Waals surface area contributed by atoms with Crippen LogP contribution < -0.4 is 10.1 Å². The topological polar surface area (TPSA) is 118 Å². The number of halogens is 3. The van der Waals surface area contributed by atoms with E-state index in [1.165, 1.54) is 43.3 Å². The van der Waals surface area contributed by atoms with Crippen LogP contribution in [-0.4, -0.2) is 77.1 Å². The maximum Gasteiger partial charge on any atom is 0.335 e. The molecule has 0 radical (unpaired) electrons. The van der Waals surface area contributed by atoms with Crippen molar-refractivity contribution in [1.29, 1.82) is 0 Å². The number of ether oxygens (including phenoxy) is 2. The van der Waals surface area contributed by atoms with E-state index in [4.69, 9.17) is 21.1 Å². The van der Waals surface area contributed by atoms with Gasteiger partial charge in [0.25, 0.3) is 5.91 Å². The number of nitrogens with zero attached hydrogens (tertiary/aromatic N) is 4.